The van der Waals surface area contributed by atoms with Gasteiger partial charge < -0.3 is 5.11 Å². The molecule has 1 heterocycles. The van der Waals surface area contributed by atoms with Crippen LogP contribution in [0.3, 0.4) is 0 Å². The molecule has 4 heteroatoms. The number of aromatic nitrogens is 1. The molecule has 0 saturated heterocycles. The van der Waals surface area contributed by atoms with Gasteiger partial charge in [-0.3, -0.25) is 14.8 Å². The Kier molecular flexibility index (Phi) is 4.62. The van der Waals surface area contributed by atoms with Crippen LogP contribution in [0.15, 0.2) is 65.1 Å². The molecule has 116 valence electrons. The normalized spacial score (nSPS) is 15.4. The van der Waals surface area contributed by atoms with Crippen molar-refractivity contribution in [2.75, 3.05) is 0 Å². The summed E-state index contributed by atoms with van der Waals surface area (Å²) in [6, 6.07) is 11.9. The van der Waals surface area contributed by atoms with Crippen LogP contribution in [0, 0.1) is 0 Å². The molecule has 0 atom stereocenters. The van der Waals surface area contributed by atoms with Gasteiger partial charge in [0.2, 0.25) is 0 Å². The molecule has 0 radical (unpaired) electrons. The van der Waals surface area contributed by atoms with Crippen molar-refractivity contribution >= 4 is 17.7 Å². The first kappa shape index (κ1) is 15.2. The number of ketones is 1. The number of pyridine rings is 1. The Hall–Kier alpha value is -2.75. The van der Waals surface area contributed by atoms with E-state index in [0.29, 0.717) is 24.8 Å². The van der Waals surface area contributed by atoms with E-state index in [1.54, 1.807) is 12.4 Å². The van der Waals surface area contributed by atoms with Crippen molar-refractivity contribution in [2.45, 2.75) is 25.7 Å². The van der Waals surface area contributed by atoms with Crippen molar-refractivity contribution in [3.8, 4) is 0 Å². The van der Waals surface area contributed by atoms with E-state index in [0.717, 1.165) is 12.1 Å². The van der Waals surface area contributed by atoms with Gasteiger partial charge in [0.15, 0.2) is 5.78 Å². The molecule has 0 saturated carbocycles. The van der Waals surface area contributed by atoms with E-state index in [1.165, 1.54) is 17.3 Å². The highest BCUT2D eigenvalue weighted by molar-refractivity contribution is 6.14. The number of hydrogen-bond donors (Lipinski definition) is 1. The number of hydrogen-bond acceptors (Lipinski definition) is 4. The van der Waals surface area contributed by atoms with E-state index < -0.39 is 0 Å². The average molecular weight is 306 g/mol. The Morgan fingerprint density at radius 3 is 2.43 bits per heavy atom. The number of aliphatic hydroxyl groups is 1. The molecule has 4 nitrogen and oxygen atoms in total. The Labute approximate surface area is 135 Å². The summed E-state index contributed by atoms with van der Waals surface area (Å²) < 4.78 is 0. The maximum Gasteiger partial charge on any atom is 0.167 e. The Morgan fingerprint density at radius 2 is 1.74 bits per heavy atom. The molecule has 3 rings (SSSR count). The number of carbonyl (C=O) groups is 1. The highest BCUT2D eigenvalue weighted by atomic mass is 16.3. The van der Waals surface area contributed by atoms with Gasteiger partial charge in [-0.25, -0.2) is 0 Å². The number of Topliss-reactive ketones (excluding diaryl/α,β-unsaturated/α-hetero) is 1. The minimum absolute atomic E-state index is 0.0354. The van der Waals surface area contributed by atoms with Crippen LogP contribution in [0.1, 0.15) is 30.4 Å². The standard InChI is InChI=1S/C19H18N2O2/c22-18-2-1-3-19(23)17(18)13-21-16-6-4-14(5-7-16)12-15-8-10-20-11-9-15/h4-11,13,22H,1-3,12H2. The van der Waals surface area contributed by atoms with Crippen LogP contribution in [-0.4, -0.2) is 22.1 Å². The third-order valence-corrected chi connectivity index (χ3v) is 3.87. The van der Waals surface area contributed by atoms with Crippen LogP contribution < -0.4 is 0 Å². The van der Waals surface area contributed by atoms with Crippen molar-refractivity contribution < 1.29 is 9.90 Å². The molecule has 0 fully saturated rings. The van der Waals surface area contributed by atoms with Gasteiger partial charge >= 0.3 is 0 Å². The van der Waals surface area contributed by atoms with E-state index in [9.17, 15) is 9.90 Å². The van der Waals surface area contributed by atoms with Crippen LogP contribution in [0.5, 0.6) is 0 Å². The van der Waals surface area contributed by atoms with E-state index in [1.807, 2.05) is 36.4 Å². The molecule has 1 N–H and O–H groups in total. The second kappa shape index (κ2) is 7.01. The highest BCUT2D eigenvalue weighted by Gasteiger charge is 2.18. The zero-order valence-corrected chi connectivity index (χ0v) is 12.8. The summed E-state index contributed by atoms with van der Waals surface area (Å²) in [6.07, 6.45) is 7.65. The highest BCUT2D eigenvalue weighted by Crippen LogP contribution is 2.20. The summed E-state index contributed by atoms with van der Waals surface area (Å²) in [7, 11) is 0. The first-order chi connectivity index (χ1) is 11.2. The second-order valence-corrected chi connectivity index (χ2v) is 5.59. The minimum Gasteiger partial charge on any atom is -0.512 e. The van der Waals surface area contributed by atoms with Crippen LogP contribution in [0.2, 0.25) is 0 Å². The summed E-state index contributed by atoms with van der Waals surface area (Å²) in [5, 5.41) is 9.79. The number of carbonyl (C=O) groups excluding carboxylic acids is 1. The molecular formula is C19H18N2O2. The lowest BCUT2D eigenvalue weighted by atomic mass is 9.97. The smallest absolute Gasteiger partial charge is 0.167 e. The molecular weight excluding hydrogens is 288 g/mol. The van der Waals surface area contributed by atoms with Crippen LogP contribution in [0.25, 0.3) is 0 Å². The van der Waals surface area contributed by atoms with Gasteiger partial charge in [-0.05, 0) is 48.2 Å². The summed E-state index contributed by atoms with van der Waals surface area (Å²) in [5.41, 5.74) is 3.50. The Balaban J connectivity index is 1.70. The number of aliphatic hydroxyl groups excluding tert-OH is 1. The van der Waals surface area contributed by atoms with Crippen molar-refractivity contribution in [3.05, 3.63) is 71.3 Å². The zero-order valence-electron chi connectivity index (χ0n) is 12.8. The first-order valence-corrected chi connectivity index (χ1v) is 7.69. The van der Waals surface area contributed by atoms with Gasteiger partial charge in [-0.2, -0.15) is 0 Å². The number of aliphatic imine (C=N–C) groups is 1. The molecule has 0 bridgehead atoms. The molecule has 23 heavy (non-hydrogen) atoms. The van der Waals surface area contributed by atoms with Crippen LogP contribution in [-0.2, 0) is 11.2 Å². The third kappa shape index (κ3) is 3.92. The fraction of sp³-hybridized carbons (Fsp3) is 0.211. The Bertz CT molecular complexity index is 747. The van der Waals surface area contributed by atoms with E-state index in [-0.39, 0.29) is 11.5 Å². The lowest BCUT2D eigenvalue weighted by molar-refractivity contribution is -0.115. The molecule has 0 spiro atoms. The van der Waals surface area contributed by atoms with E-state index >= 15 is 0 Å². The maximum atomic E-state index is 11.8. The van der Waals surface area contributed by atoms with Gasteiger partial charge in [0.05, 0.1) is 11.3 Å². The number of allylic oxidation sites excluding steroid dienone is 2. The monoisotopic (exact) mass is 306 g/mol. The Morgan fingerprint density at radius 1 is 1.04 bits per heavy atom. The number of rotatable bonds is 4. The predicted molar refractivity (Wildman–Crippen MR) is 90.1 cm³/mol. The van der Waals surface area contributed by atoms with Gasteiger partial charge in [0.25, 0.3) is 0 Å². The minimum atomic E-state index is -0.0354. The molecule has 2 aromatic rings. The van der Waals surface area contributed by atoms with Crippen molar-refractivity contribution in [1.82, 2.24) is 4.98 Å². The number of nitrogens with zero attached hydrogens (tertiary/aromatic N) is 2. The van der Waals surface area contributed by atoms with Crippen LogP contribution in [0.4, 0.5) is 5.69 Å². The molecule has 0 unspecified atom stereocenters. The summed E-state index contributed by atoms with van der Waals surface area (Å²) in [4.78, 5) is 20.1. The molecule has 1 aliphatic rings. The van der Waals surface area contributed by atoms with Gasteiger partial charge in [0.1, 0.15) is 5.76 Å². The first-order valence-electron chi connectivity index (χ1n) is 7.69. The topological polar surface area (TPSA) is 62.5 Å². The summed E-state index contributed by atoms with van der Waals surface area (Å²) in [5.74, 6) is 0.117. The molecule has 1 aromatic carbocycles. The van der Waals surface area contributed by atoms with Crippen LogP contribution >= 0.6 is 0 Å². The van der Waals surface area contributed by atoms with E-state index in [4.69, 9.17) is 0 Å². The SMILES string of the molecule is O=C1CCCC(O)=C1C=Nc1ccc(Cc2ccncc2)cc1. The lowest BCUT2D eigenvalue weighted by Gasteiger charge is -2.11. The fourth-order valence-corrected chi connectivity index (χ4v) is 2.57. The van der Waals surface area contributed by atoms with Crippen molar-refractivity contribution in [2.24, 2.45) is 4.99 Å². The average Bonchev–Trinajstić information content (AvgIpc) is 2.57. The largest absolute Gasteiger partial charge is 0.512 e. The van der Waals surface area contributed by atoms with Crippen molar-refractivity contribution in [3.63, 3.8) is 0 Å². The third-order valence-electron chi connectivity index (χ3n) is 3.87. The van der Waals surface area contributed by atoms with Gasteiger partial charge in [0, 0.05) is 31.4 Å². The lowest BCUT2D eigenvalue weighted by Crippen LogP contribution is -2.12. The van der Waals surface area contributed by atoms with Gasteiger partial charge in [-0.1, -0.05) is 12.1 Å². The quantitative estimate of drug-likeness (QED) is 0.870. The maximum absolute atomic E-state index is 11.8. The van der Waals surface area contributed by atoms with Crippen molar-refractivity contribution in [1.29, 1.82) is 0 Å². The van der Waals surface area contributed by atoms with Gasteiger partial charge in [-0.15, -0.1) is 0 Å². The molecule has 1 aliphatic carbocycles. The van der Waals surface area contributed by atoms with E-state index in [2.05, 4.69) is 9.98 Å². The molecule has 1 aromatic heterocycles. The fourth-order valence-electron chi connectivity index (χ4n) is 2.57. The zero-order chi connectivity index (χ0) is 16.1. The number of benzene rings is 1. The molecule has 0 amide bonds. The second-order valence-electron chi connectivity index (χ2n) is 5.59. The molecule has 0 aliphatic heterocycles. The predicted octanol–water partition coefficient (Wildman–Crippen LogP) is 3.94. The summed E-state index contributed by atoms with van der Waals surface area (Å²) >= 11 is 0. The summed E-state index contributed by atoms with van der Waals surface area (Å²) in [6.45, 7) is 0.